The minimum Gasteiger partial charge on any atom is -0.395 e. The molecule has 20 heavy (non-hydrogen) atoms. The molecule has 2 amide bonds. The monoisotopic (exact) mass is 271 g/mol. The van der Waals surface area contributed by atoms with E-state index in [4.69, 9.17) is 5.11 Å². The van der Waals surface area contributed by atoms with Gasteiger partial charge in [0.1, 0.15) is 0 Å². The topological polar surface area (TPSA) is 57.6 Å². The molecule has 1 aromatic rings. The predicted octanol–water partition coefficient (Wildman–Crippen LogP) is 1.77. The predicted molar refractivity (Wildman–Crippen MR) is 76.1 cm³/mol. The summed E-state index contributed by atoms with van der Waals surface area (Å²) in [6, 6.07) is 5.46. The van der Waals surface area contributed by atoms with Gasteiger partial charge in [-0.15, -0.1) is 0 Å². The van der Waals surface area contributed by atoms with Gasteiger partial charge in [-0.1, -0.05) is 11.8 Å². The van der Waals surface area contributed by atoms with Gasteiger partial charge in [-0.05, 0) is 37.1 Å². The summed E-state index contributed by atoms with van der Waals surface area (Å²) in [4.78, 5) is 25.1. The number of aliphatic hydroxyl groups excluding tert-OH is 1. The number of rotatable bonds is 2. The van der Waals surface area contributed by atoms with E-state index in [0.717, 1.165) is 11.1 Å². The van der Waals surface area contributed by atoms with Crippen LogP contribution in [0.2, 0.25) is 0 Å². The van der Waals surface area contributed by atoms with Gasteiger partial charge in [-0.2, -0.15) is 0 Å². The Balaban J connectivity index is 2.34. The average Bonchev–Trinajstić information content (AvgIpc) is 2.38. The van der Waals surface area contributed by atoms with Crippen molar-refractivity contribution in [2.75, 3.05) is 11.5 Å². The number of hydrogen-bond donors (Lipinski definition) is 1. The number of nitrogens with zero attached hydrogens (tertiary/aromatic N) is 1. The van der Waals surface area contributed by atoms with Crippen molar-refractivity contribution in [1.82, 2.24) is 0 Å². The third-order valence-electron chi connectivity index (χ3n) is 3.07. The van der Waals surface area contributed by atoms with Crippen LogP contribution in [0, 0.1) is 18.8 Å². The van der Waals surface area contributed by atoms with E-state index >= 15 is 0 Å². The minimum absolute atomic E-state index is 0.0226. The molecule has 0 aliphatic carbocycles. The minimum atomic E-state index is -0.152. The van der Waals surface area contributed by atoms with Crippen molar-refractivity contribution in [3.05, 3.63) is 29.3 Å². The smallest absolute Gasteiger partial charge is 0.233 e. The second-order valence-electron chi connectivity index (χ2n) is 4.81. The molecule has 0 atom stereocenters. The largest absolute Gasteiger partial charge is 0.395 e. The van der Waals surface area contributed by atoms with E-state index in [-0.39, 0.29) is 18.4 Å². The lowest BCUT2D eigenvalue weighted by Crippen LogP contribution is -2.40. The van der Waals surface area contributed by atoms with Gasteiger partial charge in [0, 0.05) is 24.8 Å². The summed E-state index contributed by atoms with van der Waals surface area (Å²) >= 11 is 0. The van der Waals surface area contributed by atoms with Crippen molar-refractivity contribution >= 4 is 17.5 Å². The normalized spacial score (nSPS) is 15.0. The molecule has 1 N–H and O–H groups in total. The van der Waals surface area contributed by atoms with E-state index in [9.17, 15) is 9.59 Å². The zero-order chi connectivity index (χ0) is 14.5. The second kappa shape index (κ2) is 6.36. The highest BCUT2D eigenvalue weighted by Crippen LogP contribution is 2.24. The zero-order valence-electron chi connectivity index (χ0n) is 11.5. The zero-order valence-corrected chi connectivity index (χ0v) is 11.5. The lowest BCUT2D eigenvalue weighted by molar-refractivity contribution is -0.129. The maximum atomic E-state index is 11.9. The van der Waals surface area contributed by atoms with Gasteiger partial charge in [-0.25, -0.2) is 0 Å². The van der Waals surface area contributed by atoms with Crippen LogP contribution in [0.25, 0.3) is 0 Å². The number of imide groups is 1. The molecule has 2 rings (SSSR count). The molecular weight excluding hydrogens is 254 g/mol. The van der Waals surface area contributed by atoms with Crippen LogP contribution in [0.15, 0.2) is 18.2 Å². The molecule has 1 aliphatic heterocycles. The van der Waals surface area contributed by atoms with Crippen LogP contribution in [-0.2, 0) is 9.59 Å². The Morgan fingerprint density at radius 3 is 2.55 bits per heavy atom. The summed E-state index contributed by atoms with van der Waals surface area (Å²) in [5.74, 6) is 5.48. The quantitative estimate of drug-likeness (QED) is 0.659. The molecule has 0 spiro atoms. The van der Waals surface area contributed by atoms with Crippen molar-refractivity contribution in [2.45, 2.75) is 32.6 Å². The summed E-state index contributed by atoms with van der Waals surface area (Å²) < 4.78 is 0. The van der Waals surface area contributed by atoms with E-state index in [1.807, 2.05) is 19.1 Å². The summed E-state index contributed by atoms with van der Waals surface area (Å²) in [7, 11) is 0. The fourth-order valence-electron chi connectivity index (χ4n) is 2.23. The van der Waals surface area contributed by atoms with Gasteiger partial charge in [0.2, 0.25) is 11.8 Å². The number of anilines is 1. The van der Waals surface area contributed by atoms with Crippen LogP contribution in [0.3, 0.4) is 0 Å². The summed E-state index contributed by atoms with van der Waals surface area (Å²) in [6.45, 7) is 1.92. The van der Waals surface area contributed by atoms with E-state index in [1.165, 1.54) is 4.90 Å². The van der Waals surface area contributed by atoms with Crippen molar-refractivity contribution in [3.63, 3.8) is 0 Å². The highest BCUT2D eigenvalue weighted by atomic mass is 16.2. The number of aryl methyl sites for hydroxylation is 1. The molecule has 0 saturated carbocycles. The maximum absolute atomic E-state index is 11.9. The number of amides is 2. The number of hydrogen-bond acceptors (Lipinski definition) is 3. The lowest BCUT2D eigenvalue weighted by Gasteiger charge is -2.25. The number of carbonyl (C=O) groups is 2. The van der Waals surface area contributed by atoms with E-state index < -0.39 is 0 Å². The Morgan fingerprint density at radius 2 is 1.90 bits per heavy atom. The van der Waals surface area contributed by atoms with E-state index in [2.05, 4.69) is 11.8 Å². The molecule has 1 heterocycles. The lowest BCUT2D eigenvalue weighted by atomic mass is 10.1. The molecule has 1 aliphatic rings. The van der Waals surface area contributed by atoms with Crippen LogP contribution < -0.4 is 4.90 Å². The molecule has 1 aromatic carbocycles. The molecule has 0 unspecified atom stereocenters. The standard InChI is InChI=1S/C16H17NO3/c1-12-9-13(5-2-3-8-18)11-14(10-12)17-15(19)6-4-7-16(17)20/h9-11,18H,3-4,6-8H2,1H3. The number of carbonyl (C=O) groups excluding carboxylic acids is 2. The first-order chi connectivity index (χ1) is 9.61. The molecule has 4 heteroatoms. The number of benzene rings is 1. The van der Waals surface area contributed by atoms with Crippen LogP contribution in [-0.4, -0.2) is 23.5 Å². The van der Waals surface area contributed by atoms with Crippen molar-refractivity contribution in [3.8, 4) is 11.8 Å². The van der Waals surface area contributed by atoms with Gasteiger partial charge in [0.25, 0.3) is 0 Å². The third kappa shape index (κ3) is 3.25. The average molecular weight is 271 g/mol. The van der Waals surface area contributed by atoms with Crippen molar-refractivity contribution in [1.29, 1.82) is 0 Å². The van der Waals surface area contributed by atoms with Gasteiger partial charge in [0.15, 0.2) is 0 Å². The van der Waals surface area contributed by atoms with Gasteiger partial charge >= 0.3 is 0 Å². The molecule has 0 bridgehead atoms. The molecular formula is C16H17NO3. The Labute approximate surface area is 118 Å². The molecule has 1 saturated heterocycles. The van der Waals surface area contributed by atoms with Gasteiger partial charge < -0.3 is 5.11 Å². The van der Waals surface area contributed by atoms with Gasteiger partial charge in [0.05, 0.1) is 12.3 Å². The summed E-state index contributed by atoms with van der Waals surface area (Å²) in [5, 5.41) is 8.73. The second-order valence-corrected chi connectivity index (χ2v) is 4.81. The van der Waals surface area contributed by atoms with Crippen molar-refractivity contribution < 1.29 is 14.7 Å². The van der Waals surface area contributed by atoms with Crippen LogP contribution >= 0.6 is 0 Å². The fraction of sp³-hybridized carbons (Fsp3) is 0.375. The highest BCUT2D eigenvalue weighted by molar-refractivity contribution is 6.16. The van der Waals surface area contributed by atoms with Crippen LogP contribution in [0.4, 0.5) is 5.69 Å². The Bertz CT molecular complexity index is 579. The Hall–Kier alpha value is -2.12. The summed E-state index contributed by atoms with van der Waals surface area (Å²) in [5.41, 5.74) is 2.29. The highest BCUT2D eigenvalue weighted by Gasteiger charge is 2.27. The summed E-state index contributed by atoms with van der Waals surface area (Å²) in [6.07, 6.45) is 1.85. The maximum Gasteiger partial charge on any atom is 0.233 e. The van der Waals surface area contributed by atoms with E-state index in [0.29, 0.717) is 31.4 Å². The Kier molecular flexibility index (Phi) is 4.54. The van der Waals surface area contributed by atoms with E-state index in [1.54, 1.807) is 6.07 Å². The first-order valence-corrected chi connectivity index (χ1v) is 6.69. The Morgan fingerprint density at radius 1 is 1.20 bits per heavy atom. The van der Waals surface area contributed by atoms with Crippen LogP contribution in [0.1, 0.15) is 36.8 Å². The molecule has 4 nitrogen and oxygen atoms in total. The van der Waals surface area contributed by atoms with Crippen molar-refractivity contribution in [2.24, 2.45) is 0 Å². The fourth-order valence-corrected chi connectivity index (χ4v) is 2.23. The molecule has 0 aromatic heterocycles. The molecule has 104 valence electrons. The number of piperidine rings is 1. The molecule has 0 radical (unpaired) electrons. The number of aliphatic hydroxyl groups is 1. The third-order valence-corrected chi connectivity index (χ3v) is 3.07. The van der Waals surface area contributed by atoms with Crippen LogP contribution in [0.5, 0.6) is 0 Å². The molecule has 1 fully saturated rings. The SMILES string of the molecule is Cc1cc(C#CCCO)cc(N2C(=O)CCCC2=O)c1. The first kappa shape index (κ1) is 14.3. The first-order valence-electron chi connectivity index (χ1n) is 6.69. The van der Waals surface area contributed by atoms with Gasteiger partial charge in [-0.3, -0.25) is 14.5 Å².